The molecule has 0 amide bonds. The molecule has 2 aliphatic rings. The summed E-state index contributed by atoms with van der Waals surface area (Å²) in [5.74, 6) is 0.359. The molecule has 0 N–H and O–H groups in total. The smallest absolute Gasteiger partial charge is 0.314 e. The van der Waals surface area contributed by atoms with Crippen LogP contribution in [0.2, 0.25) is 0 Å². The fourth-order valence-corrected chi connectivity index (χ4v) is 3.27. The van der Waals surface area contributed by atoms with Crippen LogP contribution in [0.4, 0.5) is 0 Å². The minimum Gasteiger partial charge on any atom is -0.426 e. The van der Waals surface area contributed by atoms with Crippen molar-refractivity contribution in [2.24, 2.45) is 5.92 Å². The minimum absolute atomic E-state index is 0.0491. The van der Waals surface area contributed by atoms with E-state index in [1.807, 2.05) is 36.4 Å². The fourth-order valence-electron chi connectivity index (χ4n) is 3.27. The van der Waals surface area contributed by atoms with Gasteiger partial charge in [0, 0.05) is 0 Å². The van der Waals surface area contributed by atoms with Crippen molar-refractivity contribution in [1.29, 1.82) is 5.26 Å². The van der Waals surface area contributed by atoms with E-state index in [4.69, 9.17) is 14.7 Å². The lowest BCUT2D eigenvalue weighted by Gasteiger charge is -2.17. The fraction of sp³-hybridized carbons (Fsp3) is 0.300. The third-order valence-electron chi connectivity index (χ3n) is 4.76. The summed E-state index contributed by atoms with van der Waals surface area (Å²) in [5, 5.41) is 8.84. The van der Waals surface area contributed by atoms with Gasteiger partial charge in [-0.2, -0.15) is 5.26 Å². The molecule has 1 saturated carbocycles. The molecule has 1 aliphatic carbocycles. The quantitative estimate of drug-likeness (QED) is 0.491. The summed E-state index contributed by atoms with van der Waals surface area (Å²) >= 11 is 0. The Morgan fingerprint density at radius 1 is 1.00 bits per heavy atom. The van der Waals surface area contributed by atoms with Gasteiger partial charge in [-0.3, -0.25) is 4.79 Å². The van der Waals surface area contributed by atoms with Crippen LogP contribution in [0, 0.1) is 17.2 Å². The highest BCUT2D eigenvalue weighted by atomic mass is 16.6. The molecule has 2 aromatic carbocycles. The predicted molar refractivity (Wildman–Crippen MR) is 88.2 cm³/mol. The number of hydrogen-bond acceptors (Lipinski definition) is 4. The maximum Gasteiger partial charge on any atom is 0.314 e. The second kappa shape index (κ2) is 6.10. The number of fused-ring (bicyclic) bond motifs is 1. The Morgan fingerprint density at radius 2 is 1.67 bits per heavy atom. The summed E-state index contributed by atoms with van der Waals surface area (Å²) < 4.78 is 11.0. The van der Waals surface area contributed by atoms with Crippen molar-refractivity contribution in [2.45, 2.75) is 31.5 Å². The molecule has 1 saturated heterocycles. The van der Waals surface area contributed by atoms with E-state index in [-0.39, 0.29) is 18.0 Å². The lowest BCUT2D eigenvalue weighted by atomic mass is 9.89. The molecule has 1 aliphatic heterocycles. The second-order valence-corrected chi connectivity index (χ2v) is 6.36. The van der Waals surface area contributed by atoms with Gasteiger partial charge in [0.05, 0.1) is 29.8 Å². The zero-order valence-electron chi connectivity index (χ0n) is 13.1. The van der Waals surface area contributed by atoms with Crippen molar-refractivity contribution in [3.05, 3.63) is 54.1 Å². The molecule has 0 aromatic heterocycles. The van der Waals surface area contributed by atoms with E-state index in [1.165, 1.54) is 0 Å². The highest BCUT2D eigenvalue weighted by Gasteiger charge is 2.46. The van der Waals surface area contributed by atoms with Gasteiger partial charge >= 0.3 is 5.97 Å². The molecule has 3 atom stereocenters. The number of benzene rings is 2. The highest BCUT2D eigenvalue weighted by molar-refractivity contribution is 5.76. The van der Waals surface area contributed by atoms with Crippen LogP contribution in [0.5, 0.6) is 5.75 Å². The minimum atomic E-state index is -0.157. The molecule has 0 spiro atoms. The molecule has 2 aromatic rings. The lowest BCUT2D eigenvalue weighted by Crippen LogP contribution is -2.25. The summed E-state index contributed by atoms with van der Waals surface area (Å²) in [6.45, 7) is 0. The Balaban J connectivity index is 1.41. The van der Waals surface area contributed by atoms with Crippen LogP contribution in [0.1, 0.15) is 24.8 Å². The molecule has 4 rings (SSSR count). The second-order valence-electron chi connectivity index (χ2n) is 6.36. The van der Waals surface area contributed by atoms with E-state index < -0.39 is 0 Å². The summed E-state index contributed by atoms with van der Waals surface area (Å²) in [6, 6.07) is 17.0. The number of nitrogens with zero attached hydrogens (tertiary/aromatic N) is 1. The first-order chi connectivity index (χ1) is 11.7. The Hall–Kier alpha value is -2.64. The molecular formula is C20H17NO3. The molecule has 0 bridgehead atoms. The molecule has 2 fully saturated rings. The first kappa shape index (κ1) is 14.9. The van der Waals surface area contributed by atoms with Crippen molar-refractivity contribution < 1.29 is 14.3 Å². The molecule has 120 valence electrons. The van der Waals surface area contributed by atoms with Gasteiger partial charge in [0.1, 0.15) is 5.75 Å². The van der Waals surface area contributed by atoms with Crippen LogP contribution in [-0.2, 0) is 9.53 Å². The molecule has 24 heavy (non-hydrogen) atoms. The van der Waals surface area contributed by atoms with E-state index in [9.17, 15) is 4.79 Å². The van der Waals surface area contributed by atoms with Crippen LogP contribution in [0.3, 0.4) is 0 Å². The zero-order valence-corrected chi connectivity index (χ0v) is 13.1. The first-order valence-electron chi connectivity index (χ1n) is 8.21. The molecule has 1 heterocycles. The topological polar surface area (TPSA) is 62.6 Å². The summed E-state index contributed by atoms with van der Waals surface area (Å²) in [5.41, 5.74) is 2.68. The molecule has 4 heteroatoms. The van der Waals surface area contributed by atoms with Gasteiger partial charge in [0.2, 0.25) is 0 Å². The molecule has 4 nitrogen and oxygen atoms in total. The molecule has 3 unspecified atom stereocenters. The normalized spacial score (nSPS) is 24.5. The SMILES string of the molecule is N#Cc1ccc(-c2ccc(OC(=O)C3CCC4OC4C3)cc2)cc1. The van der Waals surface area contributed by atoms with Gasteiger partial charge in [-0.25, -0.2) is 0 Å². The van der Waals surface area contributed by atoms with Crippen molar-refractivity contribution in [3.63, 3.8) is 0 Å². The van der Waals surface area contributed by atoms with E-state index in [0.29, 0.717) is 17.4 Å². The summed E-state index contributed by atoms with van der Waals surface area (Å²) in [4.78, 5) is 12.2. The van der Waals surface area contributed by atoms with Gasteiger partial charge in [0.15, 0.2) is 0 Å². The average Bonchev–Trinajstić information content (AvgIpc) is 3.41. The van der Waals surface area contributed by atoms with Crippen LogP contribution >= 0.6 is 0 Å². The summed E-state index contributed by atoms with van der Waals surface area (Å²) in [6.07, 6.45) is 3.26. The maximum atomic E-state index is 12.2. The van der Waals surface area contributed by atoms with E-state index >= 15 is 0 Å². The van der Waals surface area contributed by atoms with Crippen LogP contribution in [0.15, 0.2) is 48.5 Å². The van der Waals surface area contributed by atoms with Crippen molar-refractivity contribution >= 4 is 5.97 Å². The third kappa shape index (κ3) is 3.04. The monoisotopic (exact) mass is 319 g/mol. The number of epoxide rings is 1. The van der Waals surface area contributed by atoms with Gasteiger partial charge in [-0.15, -0.1) is 0 Å². The number of carbonyl (C=O) groups excluding carboxylic acids is 1. The van der Waals surface area contributed by atoms with Gasteiger partial charge < -0.3 is 9.47 Å². The predicted octanol–water partition coefficient (Wildman–Crippen LogP) is 3.70. The van der Waals surface area contributed by atoms with Gasteiger partial charge in [0.25, 0.3) is 0 Å². The number of carbonyl (C=O) groups is 1. The van der Waals surface area contributed by atoms with Crippen LogP contribution in [0.25, 0.3) is 11.1 Å². The number of ether oxygens (including phenoxy) is 2. The Morgan fingerprint density at radius 3 is 2.29 bits per heavy atom. The van der Waals surface area contributed by atoms with E-state index in [2.05, 4.69) is 6.07 Å². The van der Waals surface area contributed by atoms with Gasteiger partial charge in [-0.05, 0) is 54.7 Å². The maximum absolute atomic E-state index is 12.2. The van der Waals surface area contributed by atoms with Crippen LogP contribution in [-0.4, -0.2) is 18.2 Å². The number of hydrogen-bond donors (Lipinski definition) is 0. The van der Waals surface area contributed by atoms with Crippen molar-refractivity contribution in [2.75, 3.05) is 0 Å². The third-order valence-corrected chi connectivity index (χ3v) is 4.76. The standard InChI is InChI=1S/C20H17NO3/c21-12-13-1-3-14(4-2-13)15-5-8-17(9-6-15)23-20(22)16-7-10-18-19(11-16)24-18/h1-6,8-9,16,18-19H,7,10-11H2. The first-order valence-corrected chi connectivity index (χ1v) is 8.21. The van der Waals surface area contributed by atoms with E-state index in [1.54, 1.807) is 12.1 Å². The number of nitriles is 1. The van der Waals surface area contributed by atoms with E-state index in [0.717, 1.165) is 30.4 Å². The Labute approximate surface area is 140 Å². The highest BCUT2D eigenvalue weighted by Crippen LogP contribution is 2.40. The summed E-state index contributed by atoms with van der Waals surface area (Å²) in [7, 11) is 0. The zero-order chi connectivity index (χ0) is 16.5. The Bertz CT molecular complexity index is 789. The lowest BCUT2D eigenvalue weighted by molar-refractivity contribution is -0.139. The average molecular weight is 319 g/mol. The number of esters is 1. The Kier molecular flexibility index (Phi) is 3.79. The largest absolute Gasteiger partial charge is 0.426 e. The molecule has 0 radical (unpaired) electrons. The molecular weight excluding hydrogens is 302 g/mol. The number of rotatable bonds is 3. The van der Waals surface area contributed by atoms with Gasteiger partial charge in [-0.1, -0.05) is 24.3 Å². The van der Waals surface area contributed by atoms with Crippen LogP contribution < -0.4 is 4.74 Å². The van der Waals surface area contributed by atoms with Crippen molar-refractivity contribution in [1.82, 2.24) is 0 Å². The van der Waals surface area contributed by atoms with Crippen molar-refractivity contribution in [3.8, 4) is 22.9 Å².